The molecule has 0 N–H and O–H groups in total. The highest BCUT2D eigenvalue weighted by molar-refractivity contribution is 7.87. The molecule has 0 spiro atoms. The maximum atomic E-state index is 14.4. The zero-order chi connectivity index (χ0) is 29.5. The van der Waals surface area contributed by atoms with Gasteiger partial charge in [0.2, 0.25) is 5.88 Å². The molecule has 0 saturated carbocycles. The van der Waals surface area contributed by atoms with Crippen LogP contribution in [0.4, 0.5) is 0 Å². The van der Waals surface area contributed by atoms with E-state index in [1.165, 1.54) is 11.3 Å². The second kappa shape index (κ2) is 11.3. The molecule has 0 aliphatic rings. The molecule has 0 amide bonds. The van der Waals surface area contributed by atoms with E-state index in [1.807, 2.05) is 77.1 Å². The molecule has 6 nitrogen and oxygen atoms in total. The van der Waals surface area contributed by atoms with Crippen LogP contribution in [0.15, 0.2) is 71.9 Å². The minimum absolute atomic E-state index is 0.0272. The average Bonchev–Trinajstić information content (AvgIpc) is 3.28. The van der Waals surface area contributed by atoms with Crippen LogP contribution in [-0.4, -0.2) is 23.4 Å². The summed E-state index contributed by atoms with van der Waals surface area (Å²) in [5.41, 5.74) is 5.17. The van der Waals surface area contributed by atoms with E-state index in [1.54, 1.807) is 24.5 Å². The molecule has 0 bridgehead atoms. The van der Waals surface area contributed by atoms with Gasteiger partial charge in [-0.2, -0.15) is 13.4 Å². The maximum Gasteiger partial charge on any atom is 0.341 e. The Labute approximate surface area is 246 Å². The molecule has 5 rings (SSSR count). The fourth-order valence-corrected chi connectivity index (χ4v) is 7.66. The number of hydrogen-bond acceptors (Lipinski definition) is 7. The van der Waals surface area contributed by atoms with E-state index in [9.17, 15) is 8.42 Å². The highest BCUT2D eigenvalue weighted by atomic mass is 32.2. The Balaban J connectivity index is 1.79. The summed E-state index contributed by atoms with van der Waals surface area (Å²) in [7, 11) is -4.29. The monoisotopic (exact) mass is 585 g/mol. The first-order valence-electron chi connectivity index (χ1n) is 13.9. The van der Waals surface area contributed by atoms with Crippen molar-refractivity contribution in [2.45, 2.75) is 71.1 Å². The van der Waals surface area contributed by atoms with Crippen molar-refractivity contribution in [3.8, 4) is 28.4 Å². The van der Waals surface area contributed by atoms with E-state index >= 15 is 0 Å². The predicted molar refractivity (Wildman–Crippen MR) is 167 cm³/mol. The molecule has 5 aromatic rings. The highest BCUT2D eigenvalue weighted by Gasteiger charge is 2.31. The summed E-state index contributed by atoms with van der Waals surface area (Å²) in [4.78, 5) is 15.6. The molecular weight excluding hydrogens is 551 g/mol. The molecule has 0 saturated heterocycles. The van der Waals surface area contributed by atoms with E-state index < -0.39 is 10.1 Å². The van der Waals surface area contributed by atoms with Gasteiger partial charge in [-0.1, -0.05) is 84.0 Å². The van der Waals surface area contributed by atoms with Crippen molar-refractivity contribution in [3.63, 3.8) is 0 Å². The van der Waals surface area contributed by atoms with Crippen LogP contribution in [0.25, 0.3) is 32.7 Å². The van der Waals surface area contributed by atoms with Crippen molar-refractivity contribution < 1.29 is 12.6 Å². The van der Waals surface area contributed by atoms with Crippen molar-refractivity contribution in [1.82, 2.24) is 15.0 Å². The van der Waals surface area contributed by atoms with Gasteiger partial charge in [0.25, 0.3) is 0 Å². The molecular formula is C33H35N3O3S2. The second-order valence-electron chi connectivity index (χ2n) is 11.2. The second-order valence-corrected chi connectivity index (χ2v) is 13.9. The molecule has 2 aromatic carbocycles. The van der Waals surface area contributed by atoms with E-state index in [0.717, 1.165) is 38.3 Å². The number of aryl methyl sites for hydroxylation is 1. The zero-order valence-electron chi connectivity index (χ0n) is 24.5. The summed E-state index contributed by atoms with van der Waals surface area (Å²) in [5.74, 6) is 0.618. The Morgan fingerprint density at radius 3 is 1.95 bits per heavy atom. The van der Waals surface area contributed by atoms with E-state index in [2.05, 4.69) is 18.8 Å². The SMILES string of the molecule is Cc1sc2nc(-c3ccncc3)nc(OS(=O)(=O)c3c(C(C)C)cc(C(C)C)cc3C(C)C)c2c1-c1ccccc1. The lowest BCUT2D eigenvalue weighted by Crippen LogP contribution is -2.18. The fourth-order valence-electron chi connectivity index (χ4n) is 5.05. The van der Waals surface area contributed by atoms with E-state index in [0.29, 0.717) is 16.0 Å². The summed E-state index contributed by atoms with van der Waals surface area (Å²) < 4.78 is 34.9. The Morgan fingerprint density at radius 2 is 1.39 bits per heavy atom. The third kappa shape index (κ3) is 5.63. The molecule has 0 aliphatic heterocycles. The van der Waals surface area contributed by atoms with Crippen LogP contribution in [0.1, 0.15) is 80.9 Å². The molecule has 0 radical (unpaired) electrons. The van der Waals surface area contributed by atoms with Gasteiger partial charge in [-0.15, -0.1) is 11.3 Å². The third-order valence-corrected chi connectivity index (χ3v) is 9.56. The van der Waals surface area contributed by atoms with Crippen LogP contribution in [0, 0.1) is 6.92 Å². The highest BCUT2D eigenvalue weighted by Crippen LogP contribution is 2.44. The van der Waals surface area contributed by atoms with Crippen LogP contribution >= 0.6 is 11.3 Å². The van der Waals surface area contributed by atoms with Crippen LogP contribution in [0.5, 0.6) is 5.88 Å². The summed E-state index contributed by atoms with van der Waals surface area (Å²) >= 11 is 1.50. The zero-order valence-corrected chi connectivity index (χ0v) is 26.1. The van der Waals surface area contributed by atoms with Crippen molar-refractivity contribution in [2.24, 2.45) is 0 Å². The Bertz CT molecular complexity index is 1780. The number of aromatic nitrogens is 3. The number of hydrogen-bond donors (Lipinski definition) is 0. The number of nitrogens with zero attached hydrogens (tertiary/aromatic N) is 3. The van der Waals surface area contributed by atoms with Gasteiger partial charge in [-0.05, 0) is 59.1 Å². The van der Waals surface area contributed by atoms with Crippen LogP contribution in [-0.2, 0) is 10.1 Å². The lowest BCUT2D eigenvalue weighted by atomic mass is 9.89. The maximum absolute atomic E-state index is 14.4. The summed E-state index contributed by atoms with van der Waals surface area (Å²) in [5, 5.41) is 0.594. The Kier molecular flexibility index (Phi) is 7.99. The molecule has 3 heterocycles. The lowest BCUT2D eigenvalue weighted by Gasteiger charge is -2.22. The smallest absolute Gasteiger partial charge is 0.341 e. The van der Waals surface area contributed by atoms with Gasteiger partial charge in [0, 0.05) is 28.4 Å². The van der Waals surface area contributed by atoms with Gasteiger partial charge >= 0.3 is 10.1 Å². The first kappa shape index (κ1) is 28.9. The first-order chi connectivity index (χ1) is 19.5. The quantitative estimate of drug-likeness (QED) is 0.169. The normalized spacial score (nSPS) is 12.1. The van der Waals surface area contributed by atoms with Crippen molar-refractivity contribution >= 4 is 31.7 Å². The first-order valence-corrected chi connectivity index (χ1v) is 16.1. The van der Waals surface area contributed by atoms with E-state index in [4.69, 9.17) is 14.2 Å². The summed E-state index contributed by atoms with van der Waals surface area (Å²) in [6.45, 7) is 14.3. The fraction of sp³-hybridized carbons (Fsp3) is 0.303. The van der Waals surface area contributed by atoms with Gasteiger partial charge < -0.3 is 4.18 Å². The van der Waals surface area contributed by atoms with Gasteiger partial charge in [-0.25, -0.2) is 4.98 Å². The summed E-state index contributed by atoms with van der Waals surface area (Å²) in [6.07, 6.45) is 3.32. The minimum atomic E-state index is -4.29. The molecule has 0 aliphatic carbocycles. The number of thiophene rings is 1. The number of fused-ring (bicyclic) bond motifs is 1. The minimum Gasteiger partial charge on any atom is -0.357 e. The Morgan fingerprint density at radius 1 is 0.780 bits per heavy atom. The predicted octanol–water partition coefficient (Wildman–Crippen LogP) is 8.87. The molecule has 41 heavy (non-hydrogen) atoms. The number of benzene rings is 2. The van der Waals surface area contributed by atoms with Gasteiger partial charge in [-0.3, -0.25) is 4.98 Å². The molecule has 0 unspecified atom stereocenters. The number of rotatable bonds is 8. The van der Waals surface area contributed by atoms with Crippen molar-refractivity contribution in [3.05, 3.63) is 88.6 Å². The Hall–Kier alpha value is -3.62. The van der Waals surface area contributed by atoms with Crippen LogP contribution < -0.4 is 4.18 Å². The molecule has 0 atom stereocenters. The van der Waals surface area contributed by atoms with Gasteiger partial charge in [0.15, 0.2) is 5.82 Å². The van der Waals surface area contributed by atoms with Crippen molar-refractivity contribution in [2.75, 3.05) is 0 Å². The molecule has 0 fully saturated rings. The molecule has 212 valence electrons. The standard InChI is InChI=1S/C33H35N3O3S2/c1-19(2)25-17-26(20(3)4)30(27(18-25)21(5)6)41(37,38)39-32-29-28(23-11-9-8-10-12-23)22(7)40-33(29)36-31(35-32)24-13-15-34-16-14-24/h8-21H,1-7H3. The van der Waals surface area contributed by atoms with E-state index in [-0.39, 0.29) is 28.5 Å². The lowest BCUT2D eigenvalue weighted by molar-refractivity contribution is 0.475. The van der Waals surface area contributed by atoms with Gasteiger partial charge in [0.1, 0.15) is 9.73 Å². The molecule has 8 heteroatoms. The van der Waals surface area contributed by atoms with Crippen LogP contribution in [0.3, 0.4) is 0 Å². The van der Waals surface area contributed by atoms with Gasteiger partial charge in [0.05, 0.1) is 5.39 Å². The topological polar surface area (TPSA) is 82.0 Å². The van der Waals surface area contributed by atoms with Crippen molar-refractivity contribution in [1.29, 1.82) is 0 Å². The average molecular weight is 586 g/mol. The molecule has 3 aromatic heterocycles. The third-order valence-electron chi connectivity index (χ3n) is 7.21. The summed E-state index contributed by atoms with van der Waals surface area (Å²) in [6, 6.07) is 17.5. The van der Waals surface area contributed by atoms with Crippen LogP contribution in [0.2, 0.25) is 0 Å². The number of pyridine rings is 1. The largest absolute Gasteiger partial charge is 0.357 e.